The first-order valence-corrected chi connectivity index (χ1v) is 47.6. The Labute approximate surface area is 859 Å². The van der Waals surface area contributed by atoms with E-state index >= 15 is 0 Å². The maximum Gasteiger partial charge on any atom is 0.269 e. The largest absolute Gasteiger partial charge is 0.490 e. The fourth-order valence-corrected chi connectivity index (χ4v) is 13.2. The van der Waals surface area contributed by atoms with Crippen LogP contribution in [-0.4, -0.2) is 109 Å². The Kier molecular flexibility index (Phi) is 54.4. The van der Waals surface area contributed by atoms with Crippen molar-refractivity contribution in [1.82, 2.24) is 9.49 Å². The Bertz CT molecular complexity index is 5990. The lowest BCUT2D eigenvalue weighted by Gasteiger charge is -2.35. The number of piperidine rings is 1. The van der Waals surface area contributed by atoms with Gasteiger partial charge in [0.25, 0.3) is 5.69 Å². The number of para-hydroxylation sites is 2. The predicted octanol–water partition coefficient (Wildman–Crippen LogP) is 34.5. The average Bonchev–Trinajstić information content (AvgIpc) is 0.809. The van der Waals surface area contributed by atoms with Gasteiger partial charge in [-0.2, -0.15) is 51.1 Å². The van der Waals surface area contributed by atoms with Gasteiger partial charge in [0.2, 0.25) is 0 Å². The van der Waals surface area contributed by atoms with Crippen molar-refractivity contribution in [1.29, 1.82) is 0 Å². The smallest absolute Gasteiger partial charge is 0.269 e. The molecule has 0 radical (unpaired) electrons. The number of nitrogens with zero attached hydrogens (tertiary/aromatic N) is 18. The maximum absolute atomic E-state index is 10.5. The first kappa shape index (κ1) is 114. The molecule has 1 heterocycles. The fourth-order valence-electron chi connectivity index (χ4n) is 13.2. The SMILES string of the molecule is C=CCN(CC=C)c1ccc(N=Nc2ccccc2)cc1.C=CCOCCc1ccc(N=Nc2ccc(CCOCC=C)cc2)cc1.C=CCOc1ccc(N=Nc2ccc(OCC=C)cc2)cc1.C=CCOc1ccccc1N=Nc1ccccc1OCC=C.C=CC[N+](CC=C)(CC=C)c1ccc(N=Nc2ccccc2)cc1.O=[N+]([O-])c1ccc(N=NN2CCCCC2)cc1.c1ccc(N=Nc2ccccc2)cc1. The lowest BCUT2D eigenvalue weighted by Crippen LogP contribution is -2.49. The van der Waals surface area contributed by atoms with Gasteiger partial charge in [0.1, 0.15) is 86.1 Å². The maximum atomic E-state index is 10.5. The first-order chi connectivity index (χ1) is 71.7. The number of hydrogen-bond donors (Lipinski definition) is 0. The number of nitro benzene ring substituents is 1. The van der Waals surface area contributed by atoms with Crippen LogP contribution in [0.5, 0.6) is 23.0 Å². The number of quaternary nitrogens is 1. The molecule has 14 rings (SSSR count). The minimum atomic E-state index is -0.425. The molecule has 746 valence electrons. The molecule has 1 aliphatic heterocycles. The number of nitro groups is 1. The van der Waals surface area contributed by atoms with Crippen molar-refractivity contribution in [3.05, 3.63) is 500 Å². The lowest BCUT2D eigenvalue weighted by molar-refractivity contribution is -0.384. The van der Waals surface area contributed by atoms with E-state index in [1.54, 1.807) is 48.6 Å². The number of benzene rings is 13. The molecule has 0 saturated carbocycles. The van der Waals surface area contributed by atoms with E-state index in [1.165, 1.54) is 35.4 Å². The van der Waals surface area contributed by atoms with E-state index in [9.17, 15) is 10.1 Å². The van der Waals surface area contributed by atoms with Gasteiger partial charge < -0.3 is 33.3 Å². The molecule has 1 fully saturated rings. The van der Waals surface area contributed by atoms with Crippen molar-refractivity contribution in [3.63, 3.8) is 0 Å². The average molecular weight is 1950 g/mol. The molecular formula is C120H129N18O8+. The van der Waals surface area contributed by atoms with E-state index in [0.29, 0.717) is 81.4 Å². The summed E-state index contributed by atoms with van der Waals surface area (Å²) in [6, 6.07) is 107. The number of non-ortho nitro benzene ring substituents is 1. The van der Waals surface area contributed by atoms with Crippen LogP contribution in [0.1, 0.15) is 30.4 Å². The molecule has 0 spiro atoms. The summed E-state index contributed by atoms with van der Waals surface area (Å²) in [4.78, 5) is 12.2. The Morgan fingerprint density at radius 3 is 0.904 bits per heavy atom. The highest BCUT2D eigenvalue weighted by atomic mass is 16.6. The topological polar surface area (TPSA) is 278 Å². The molecule has 0 aliphatic carbocycles. The summed E-state index contributed by atoms with van der Waals surface area (Å²) in [6.45, 7) is 51.3. The lowest BCUT2D eigenvalue weighted by atomic mass is 10.1. The summed E-state index contributed by atoms with van der Waals surface area (Å²) in [5, 5.41) is 71.2. The molecule has 146 heavy (non-hydrogen) atoms. The van der Waals surface area contributed by atoms with Gasteiger partial charge in [0.05, 0.1) is 93.9 Å². The molecule has 13 aromatic rings. The summed E-state index contributed by atoms with van der Waals surface area (Å²) in [5.74, 6) is 2.89. The minimum absolute atomic E-state index is 0.0712. The monoisotopic (exact) mass is 1950 g/mol. The predicted molar refractivity (Wildman–Crippen MR) is 597 cm³/mol. The highest BCUT2D eigenvalue weighted by Gasteiger charge is 2.26. The molecule has 0 N–H and O–H groups in total. The van der Waals surface area contributed by atoms with Gasteiger partial charge in [-0.15, -0.1) is 41.7 Å². The second kappa shape index (κ2) is 70.0. The van der Waals surface area contributed by atoms with Crippen LogP contribution in [0.3, 0.4) is 0 Å². The van der Waals surface area contributed by atoms with Crippen LogP contribution in [0.4, 0.5) is 91.0 Å². The number of ether oxygens (including phenoxy) is 6. The van der Waals surface area contributed by atoms with Gasteiger partial charge in [0.15, 0.2) is 0 Å². The zero-order valence-electron chi connectivity index (χ0n) is 82.9. The standard InChI is InChI=1S/C22H26N2O2.C21H24N3.C18H19N3.2C18H18N2O2.C12H10N2.C11H14N4O2/c1-3-15-25-17-13-19-5-9-21(10-6-19)23-24-22-11-7-20(8-12-22)14-18-26-16-4-2;1-4-16-24(17-5-2,18-6-3)21-14-12-20(13-15-21)23-22-19-10-8-7-9-11-19;1-3-14-21(15-4-2)18-12-10-17(11-13-18)20-19-16-8-6-5-7-9-16;1-3-13-21-17-9-5-15(6-10-17)19-20-16-7-11-18(12-8-16)22-14-4-2;1-3-13-21-17-11-7-5-9-15(17)19-20-16-10-6-8-12-18(16)22-14-4-2;1-3-7-11(8-4-1)13-14-12-9-5-2-6-10-12;16-15(17)11-6-4-10(5-7-11)12-13-14-8-2-1-3-9-14/h3-12H,1-2,13-18H2;4-15H,1-3,16-18H2;3-13H,1-2,14-15H2;2*3-12H,1-2,13-14H2;1-10H;4-7H,1-3,8-9H2/q;+1;;;;;. The van der Waals surface area contributed by atoms with E-state index in [0.717, 1.165) is 150 Å². The number of hydrogen-bond acceptors (Lipinski definition) is 23. The molecule has 13 aromatic carbocycles. The van der Waals surface area contributed by atoms with Crippen LogP contribution in [0.2, 0.25) is 0 Å². The van der Waals surface area contributed by atoms with Crippen LogP contribution < -0.4 is 28.3 Å². The van der Waals surface area contributed by atoms with Crippen molar-refractivity contribution >= 4 is 91.0 Å². The van der Waals surface area contributed by atoms with Crippen molar-refractivity contribution in [2.24, 2.45) is 71.7 Å². The number of anilines is 1. The van der Waals surface area contributed by atoms with Gasteiger partial charge in [0, 0.05) is 56.1 Å². The summed E-state index contributed by atoms with van der Waals surface area (Å²) >= 11 is 0. The molecule has 26 heteroatoms. The van der Waals surface area contributed by atoms with Crippen molar-refractivity contribution in [2.75, 3.05) is 104 Å². The first-order valence-electron chi connectivity index (χ1n) is 47.6. The highest BCUT2D eigenvalue weighted by molar-refractivity contribution is 5.58. The van der Waals surface area contributed by atoms with Gasteiger partial charge in [-0.05, 0) is 256 Å². The molecular weight excluding hydrogens is 1820 g/mol. The molecule has 1 aliphatic rings. The van der Waals surface area contributed by atoms with E-state index in [1.807, 2.05) is 314 Å². The Morgan fingerprint density at radius 2 is 0.582 bits per heavy atom. The Morgan fingerprint density at radius 1 is 0.295 bits per heavy atom. The Hall–Kier alpha value is -17.7. The minimum Gasteiger partial charge on any atom is -0.490 e. The van der Waals surface area contributed by atoms with Crippen LogP contribution in [0.15, 0.2) is 551 Å². The summed E-state index contributed by atoms with van der Waals surface area (Å²) in [5.41, 5.74) is 15.1. The quantitative estimate of drug-likeness (QED) is 0.00868. The Balaban J connectivity index is 0.000000209. The summed E-state index contributed by atoms with van der Waals surface area (Å²) in [6.07, 6.45) is 25.2. The summed E-state index contributed by atoms with van der Waals surface area (Å²) in [7, 11) is 0. The third-order valence-electron chi connectivity index (χ3n) is 20.4. The van der Waals surface area contributed by atoms with E-state index < -0.39 is 4.92 Å². The van der Waals surface area contributed by atoms with Crippen LogP contribution in [0.25, 0.3) is 0 Å². The fraction of sp³-hybridized carbons (Fsp3) is 0.167. The van der Waals surface area contributed by atoms with E-state index in [4.69, 9.17) is 28.4 Å². The summed E-state index contributed by atoms with van der Waals surface area (Å²) < 4.78 is 33.4. The second-order valence-electron chi connectivity index (χ2n) is 31.5. The second-order valence-corrected chi connectivity index (χ2v) is 31.5. The van der Waals surface area contributed by atoms with E-state index in [2.05, 4.69) is 185 Å². The molecule has 0 aromatic heterocycles. The van der Waals surface area contributed by atoms with Crippen LogP contribution >= 0.6 is 0 Å². The number of rotatable bonds is 49. The molecule has 0 bridgehead atoms. The molecule has 0 atom stereocenters. The zero-order valence-corrected chi connectivity index (χ0v) is 82.9. The normalized spacial score (nSPS) is 11.4. The highest BCUT2D eigenvalue weighted by Crippen LogP contribution is 2.35. The number of azo groups is 6. The third-order valence-corrected chi connectivity index (χ3v) is 20.4. The van der Waals surface area contributed by atoms with Gasteiger partial charge in [-0.1, -0.05) is 221 Å². The zero-order chi connectivity index (χ0) is 104. The van der Waals surface area contributed by atoms with Crippen molar-refractivity contribution in [3.8, 4) is 23.0 Å². The van der Waals surface area contributed by atoms with E-state index in [-0.39, 0.29) is 5.69 Å². The van der Waals surface area contributed by atoms with Crippen molar-refractivity contribution < 1.29 is 33.3 Å². The molecule has 26 nitrogen and oxygen atoms in total. The van der Waals surface area contributed by atoms with Crippen LogP contribution in [0, 0.1) is 10.1 Å². The van der Waals surface area contributed by atoms with Crippen molar-refractivity contribution in [2.45, 2.75) is 32.1 Å². The third kappa shape index (κ3) is 45.3. The van der Waals surface area contributed by atoms with Gasteiger partial charge >= 0.3 is 0 Å². The molecule has 0 unspecified atom stereocenters. The van der Waals surface area contributed by atoms with Gasteiger partial charge in [-0.3, -0.25) is 19.6 Å². The molecule has 1 saturated heterocycles. The van der Waals surface area contributed by atoms with Gasteiger partial charge in [-0.25, -0.2) is 0 Å². The molecule has 0 amide bonds. The van der Waals surface area contributed by atoms with Crippen LogP contribution in [-0.2, 0) is 22.3 Å².